The molecule has 0 spiro atoms. The number of nitrogens with one attached hydrogen (secondary N) is 2. The van der Waals surface area contributed by atoms with Crippen LogP contribution < -0.4 is 10.6 Å². The van der Waals surface area contributed by atoms with E-state index in [1.54, 1.807) is 0 Å². The maximum Gasteiger partial charge on any atom is 0.228 e. The first kappa shape index (κ1) is 14.9. The highest BCUT2D eigenvalue weighted by Crippen LogP contribution is 2.10. The molecule has 0 saturated carbocycles. The van der Waals surface area contributed by atoms with E-state index in [1.165, 1.54) is 0 Å². The summed E-state index contributed by atoms with van der Waals surface area (Å²) < 4.78 is 0. The van der Waals surface area contributed by atoms with Crippen molar-refractivity contribution in [3.8, 4) is 0 Å². The number of aliphatic hydroxyl groups excluding tert-OH is 1. The monoisotopic (exact) mass is 273 g/mol. The molecular formula is C11H20ClN5O. The van der Waals surface area contributed by atoms with Gasteiger partial charge in [0.25, 0.3) is 0 Å². The Morgan fingerprint density at radius 2 is 1.89 bits per heavy atom. The van der Waals surface area contributed by atoms with Crippen molar-refractivity contribution in [3.05, 3.63) is 5.28 Å². The van der Waals surface area contributed by atoms with Crippen LogP contribution in [0.15, 0.2) is 0 Å². The first-order valence-corrected chi connectivity index (χ1v) is 6.53. The fourth-order valence-electron chi connectivity index (χ4n) is 1.33. The van der Waals surface area contributed by atoms with E-state index in [0.29, 0.717) is 24.4 Å². The molecule has 1 unspecified atom stereocenters. The average molecular weight is 274 g/mol. The van der Waals surface area contributed by atoms with Crippen LogP contribution in [0.2, 0.25) is 5.28 Å². The third-order valence-electron chi connectivity index (χ3n) is 2.37. The van der Waals surface area contributed by atoms with E-state index in [4.69, 9.17) is 16.7 Å². The van der Waals surface area contributed by atoms with Gasteiger partial charge in [-0.1, -0.05) is 13.8 Å². The van der Waals surface area contributed by atoms with Gasteiger partial charge in [0.05, 0.1) is 0 Å². The van der Waals surface area contributed by atoms with Crippen LogP contribution >= 0.6 is 11.6 Å². The molecular weight excluding hydrogens is 254 g/mol. The minimum absolute atomic E-state index is 0.168. The van der Waals surface area contributed by atoms with Crippen molar-refractivity contribution >= 4 is 23.5 Å². The van der Waals surface area contributed by atoms with E-state index in [0.717, 1.165) is 19.4 Å². The van der Waals surface area contributed by atoms with Crippen LogP contribution in [0.4, 0.5) is 11.9 Å². The highest BCUT2D eigenvalue weighted by atomic mass is 35.5. The molecule has 3 N–H and O–H groups in total. The van der Waals surface area contributed by atoms with Gasteiger partial charge >= 0.3 is 0 Å². The summed E-state index contributed by atoms with van der Waals surface area (Å²) in [5, 5.41) is 15.1. The Kier molecular flexibility index (Phi) is 6.67. The minimum Gasteiger partial charge on any atom is -0.396 e. The van der Waals surface area contributed by atoms with Gasteiger partial charge in [0, 0.05) is 19.7 Å². The standard InChI is InChI=1S/C11H20ClN5O/c1-3-5-13-10-15-9(12)16-11(17-10)14-7-8(2)4-6-18/h8,18H,3-7H2,1-2H3,(H2,13,14,15,16,17). The van der Waals surface area contributed by atoms with Crippen molar-refractivity contribution in [1.82, 2.24) is 15.0 Å². The third kappa shape index (κ3) is 5.46. The molecule has 0 aromatic carbocycles. The van der Waals surface area contributed by atoms with Crippen molar-refractivity contribution in [3.63, 3.8) is 0 Å². The van der Waals surface area contributed by atoms with Gasteiger partial charge in [-0.05, 0) is 30.4 Å². The molecule has 7 heteroatoms. The SMILES string of the molecule is CCCNc1nc(Cl)nc(NCC(C)CCO)n1. The average Bonchev–Trinajstić information content (AvgIpc) is 2.34. The molecule has 0 fully saturated rings. The molecule has 0 aliphatic carbocycles. The molecule has 102 valence electrons. The summed E-state index contributed by atoms with van der Waals surface area (Å²) >= 11 is 5.82. The number of hydrogen-bond donors (Lipinski definition) is 3. The highest BCUT2D eigenvalue weighted by Gasteiger charge is 2.06. The molecule has 18 heavy (non-hydrogen) atoms. The Bertz CT molecular complexity index is 363. The number of halogens is 1. The summed E-state index contributed by atoms with van der Waals surface area (Å²) in [5.74, 6) is 1.28. The predicted octanol–water partition coefficient (Wildman–Crippen LogP) is 1.78. The van der Waals surface area contributed by atoms with Crippen LogP contribution in [0.3, 0.4) is 0 Å². The van der Waals surface area contributed by atoms with Crippen LogP contribution in [0, 0.1) is 5.92 Å². The van der Waals surface area contributed by atoms with Gasteiger partial charge in [-0.2, -0.15) is 15.0 Å². The fourth-order valence-corrected chi connectivity index (χ4v) is 1.49. The molecule has 0 aliphatic heterocycles. The van der Waals surface area contributed by atoms with Gasteiger partial charge in [-0.25, -0.2) is 0 Å². The van der Waals surface area contributed by atoms with E-state index < -0.39 is 0 Å². The maximum absolute atomic E-state index is 8.82. The molecule has 1 aromatic rings. The van der Waals surface area contributed by atoms with Crippen LogP contribution in [0.1, 0.15) is 26.7 Å². The summed E-state index contributed by atoms with van der Waals surface area (Å²) in [4.78, 5) is 12.2. The van der Waals surface area contributed by atoms with E-state index in [2.05, 4.69) is 32.5 Å². The van der Waals surface area contributed by atoms with Crippen molar-refractivity contribution in [2.75, 3.05) is 30.3 Å². The van der Waals surface area contributed by atoms with E-state index in [1.807, 2.05) is 6.92 Å². The second kappa shape index (κ2) is 8.05. The number of hydrogen-bond acceptors (Lipinski definition) is 6. The normalized spacial score (nSPS) is 12.2. The Morgan fingerprint density at radius 3 is 2.50 bits per heavy atom. The molecule has 0 bridgehead atoms. The molecule has 1 heterocycles. The van der Waals surface area contributed by atoms with Gasteiger partial charge in [0.2, 0.25) is 17.2 Å². The number of anilines is 2. The molecule has 1 atom stereocenters. The predicted molar refractivity (Wildman–Crippen MR) is 73.0 cm³/mol. The first-order chi connectivity index (χ1) is 8.65. The molecule has 0 amide bonds. The maximum atomic E-state index is 8.82. The quantitative estimate of drug-likeness (QED) is 0.670. The summed E-state index contributed by atoms with van der Waals surface area (Å²) in [6.45, 7) is 5.77. The van der Waals surface area contributed by atoms with Gasteiger partial charge in [-0.3, -0.25) is 0 Å². The zero-order chi connectivity index (χ0) is 13.4. The second-order valence-corrected chi connectivity index (χ2v) is 4.51. The molecule has 0 aliphatic rings. The molecule has 0 saturated heterocycles. The third-order valence-corrected chi connectivity index (χ3v) is 2.54. The number of nitrogens with zero attached hydrogens (tertiary/aromatic N) is 3. The van der Waals surface area contributed by atoms with E-state index in [9.17, 15) is 0 Å². The van der Waals surface area contributed by atoms with Gasteiger partial charge in [0.1, 0.15) is 0 Å². The van der Waals surface area contributed by atoms with Gasteiger partial charge in [0.15, 0.2) is 0 Å². The van der Waals surface area contributed by atoms with E-state index >= 15 is 0 Å². The lowest BCUT2D eigenvalue weighted by Crippen LogP contribution is -2.15. The largest absolute Gasteiger partial charge is 0.396 e. The lowest BCUT2D eigenvalue weighted by atomic mass is 10.1. The van der Waals surface area contributed by atoms with Crippen molar-refractivity contribution in [1.29, 1.82) is 0 Å². The van der Waals surface area contributed by atoms with E-state index in [-0.39, 0.29) is 11.9 Å². The van der Waals surface area contributed by atoms with Crippen LogP contribution in [0.25, 0.3) is 0 Å². The van der Waals surface area contributed by atoms with Crippen LogP contribution in [-0.4, -0.2) is 39.8 Å². The lowest BCUT2D eigenvalue weighted by molar-refractivity contribution is 0.265. The van der Waals surface area contributed by atoms with Crippen LogP contribution in [-0.2, 0) is 0 Å². The Balaban J connectivity index is 2.56. The number of aliphatic hydroxyl groups is 1. The molecule has 0 radical (unpaired) electrons. The zero-order valence-corrected chi connectivity index (χ0v) is 11.5. The Hall–Kier alpha value is -1.14. The summed E-state index contributed by atoms with van der Waals surface area (Å²) in [7, 11) is 0. The van der Waals surface area contributed by atoms with Gasteiger partial charge in [-0.15, -0.1) is 0 Å². The fraction of sp³-hybridized carbons (Fsp3) is 0.727. The first-order valence-electron chi connectivity index (χ1n) is 6.15. The molecule has 6 nitrogen and oxygen atoms in total. The van der Waals surface area contributed by atoms with Crippen molar-refractivity contribution in [2.24, 2.45) is 5.92 Å². The summed E-state index contributed by atoms with van der Waals surface area (Å²) in [6.07, 6.45) is 1.73. The van der Waals surface area contributed by atoms with Gasteiger partial charge < -0.3 is 15.7 Å². The molecule has 1 rings (SSSR count). The topological polar surface area (TPSA) is 83.0 Å². The summed E-state index contributed by atoms with van der Waals surface area (Å²) in [6, 6.07) is 0. The van der Waals surface area contributed by atoms with Crippen molar-refractivity contribution in [2.45, 2.75) is 26.7 Å². The zero-order valence-electron chi connectivity index (χ0n) is 10.8. The minimum atomic E-state index is 0.168. The lowest BCUT2D eigenvalue weighted by Gasteiger charge is -2.11. The number of aromatic nitrogens is 3. The summed E-state index contributed by atoms with van der Waals surface area (Å²) in [5.41, 5.74) is 0. The second-order valence-electron chi connectivity index (χ2n) is 4.18. The van der Waals surface area contributed by atoms with Crippen molar-refractivity contribution < 1.29 is 5.11 Å². The molecule has 1 aromatic heterocycles. The Labute approximate surface area is 112 Å². The number of rotatable bonds is 8. The Morgan fingerprint density at radius 1 is 1.22 bits per heavy atom. The van der Waals surface area contributed by atoms with Crippen LogP contribution in [0.5, 0.6) is 0 Å². The highest BCUT2D eigenvalue weighted by molar-refractivity contribution is 6.28. The smallest absolute Gasteiger partial charge is 0.228 e.